The molecule has 2 aromatic carbocycles. The minimum Gasteiger partial charge on any atom is -0.493 e. The van der Waals surface area contributed by atoms with Gasteiger partial charge in [-0.25, -0.2) is 0 Å². The first-order chi connectivity index (χ1) is 13.4. The van der Waals surface area contributed by atoms with Crippen LogP contribution >= 0.6 is 0 Å². The molecule has 0 bridgehead atoms. The van der Waals surface area contributed by atoms with Crippen LogP contribution < -0.4 is 18.9 Å². The van der Waals surface area contributed by atoms with Gasteiger partial charge in [-0.1, -0.05) is 12.1 Å². The number of fused-ring (bicyclic) bond motifs is 1. The van der Waals surface area contributed by atoms with E-state index in [1.807, 2.05) is 12.1 Å². The summed E-state index contributed by atoms with van der Waals surface area (Å²) in [7, 11) is 4.31. The summed E-state index contributed by atoms with van der Waals surface area (Å²) < 4.78 is 21.7. The predicted molar refractivity (Wildman–Crippen MR) is 99.5 cm³/mol. The lowest BCUT2D eigenvalue weighted by Crippen LogP contribution is -2.41. The molecule has 1 heterocycles. The van der Waals surface area contributed by atoms with E-state index >= 15 is 0 Å². The fourth-order valence-electron chi connectivity index (χ4n) is 2.94. The third-order valence-electron chi connectivity index (χ3n) is 4.32. The molecular formula is C19H20N2O7. The van der Waals surface area contributed by atoms with Gasteiger partial charge in [0.1, 0.15) is 12.2 Å². The second kappa shape index (κ2) is 8.03. The minimum atomic E-state index is -0.625. The third kappa shape index (κ3) is 3.78. The maximum absolute atomic E-state index is 12.9. The topological polar surface area (TPSA) is 100 Å². The molecule has 0 aromatic heterocycles. The Morgan fingerprint density at radius 3 is 2.50 bits per heavy atom. The molecule has 3 rings (SSSR count). The van der Waals surface area contributed by atoms with Gasteiger partial charge in [0.2, 0.25) is 0 Å². The summed E-state index contributed by atoms with van der Waals surface area (Å²) in [4.78, 5) is 25.1. The van der Waals surface area contributed by atoms with Crippen molar-refractivity contribution in [3.8, 4) is 23.0 Å². The first kappa shape index (κ1) is 19.3. The molecule has 1 aliphatic heterocycles. The number of carbonyl (C=O) groups excluding carboxylic acids is 1. The molecule has 0 saturated heterocycles. The zero-order valence-corrected chi connectivity index (χ0v) is 15.7. The van der Waals surface area contributed by atoms with Gasteiger partial charge >= 0.3 is 0 Å². The maximum Gasteiger partial charge on any atom is 0.286 e. The molecule has 9 heteroatoms. The predicted octanol–water partition coefficient (Wildman–Crippen LogP) is 2.52. The normalized spacial score (nSPS) is 14.9. The van der Waals surface area contributed by atoms with Crippen LogP contribution in [0.4, 0.5) is 5.69 Å². The van der Waals surface area contributed by atoms with Crippen molar-refractivity contribution >= 4 is 11.6 Å². The Hall–Kier alpha value is -3.49. The standard InChI is InChI=1S/C19H20N2O7/c1-20(10-12-11-27-15-6-4-5-7-16(15)28-12)19(22)13-8-17(25-2)18(26-3)9-14(13)21(23)24/h4-9,12H,10-11H2,1-3H3. The number of carbonyl (C=O) groups is 1. The summed E-state index contributed by atoms with van der Waals surface area (Å²) in [6, 6.07) is 9.73. The number of nitrogens with zero attached hydrogens (tertiary/aromatic N) is 2. The van der Waals surface area contributed by atoms with Gasteiger partial charge in [-0.05, 0) is 12.1 Å². The van der Waals surface area contributed by atoms with Crippen LogP contribution in [0.25, 0.3) is 0 Å². The second-order valence-electron chi connectivity index (χ2n) is 6.16. The summed E-state index contributed by atoms with van der Waals surface area (Å²) in [6.07, 6.45) is -0.400. The van der Waals surface area contributed by atoms with Gasteiger partial charge in [-0.15, -0.1) is 0 Å². The van der Waals surface area contributed by atoms with Crippen molar-refractivity contribution < 1.29 is 28.7 Å². The molecular weight excluding hydrogens is 368 g/mol. The molecule has 1 amide bonds. The molecule has 28 heavy (non-hydrogen) atoms. The average molecular weight is 388 g/mol. The van der Waals surface area contributed by atoms with Crippen molar-refractivity contribution in [2.45, 2.75) is 6.10 Å². The van der Waals surface area contributed by atoms with Crippen molar-refractivity contribution in [3.05, 3.63) is 52.1 Å². The third-order valence-corrected chi connectivity index (χ3v) is 4.32. The summed E-state index contributed by atoms with van der Waals surface area (Å²) in [5.74, 6) is 1.11. The second-order valence-corrected chi connectivity index (χ2v) is 6.16. The molecule has 148 valence electrons. The number of likely N-dealkylation sites (N-methyl/N-ethyl adjacent to an activating group) is 1. The van der Waals surface area contributed by atoms with Crippen LogP contribution in [0.3, 0.4) is 0 Å². The molecule has 1 aliphatic rings. The van der Waals surface area contributed by atoms with E-state index in [0.29, 0.717) is 11.5 Å². The average Bonchev–Trinajstić information content (AvgIpc) is 2.71. The Bertz CT molecular complexity index is 900. The Morgan fingerprint density at radius 1 is 1.21 bits per heavy atom. The highest BCUT2D eigenvalue weighted by atomic mass is 16.6. The molecule has 0 radical (unpaired) electrons. The van der Waals surface area contributed by atoms with Gasteiger partial charge in [-0.2, -0.15) is 0 Å². The van der Waals surface area contributed by atoms with Crippen LogP contribution in [0, 0.1) is 10.1 Å². The number of rotatable bonds is 6. The van der Waals surface area contributed by atoms with Gasteiger partial charge in [0.25, 0.3) is 11.6 Å². The van der Waals surface area contributed by atoms with Gasteiger partial charge in [0, 0.05) is 13.1 Å². The lowest BCUT2D eigenvalue weighted by atomic mass is 10.1. The molecule has 0 fully saturated rings. The lowest BCUT2D eigenvalue weighted by molar-refractivity contribution is -0.385. The number of para-hydroxylation sites is 2. The van der Waals surface area contributed by atoms with Crippen molar-refractivity contribution in [1.82, 2.24) is 4.90 Å². The fourth-order valence-corrected chi connectivity index (χ4v) is 2.94. The minimum absolute atomic E-state index is 0.0951. The van der Waals surface area contributed by atoms with Gasteiger partial charge in [0.05, 0.1) is 31.8 Å². The Labute approximate surface area is 161 Å². The van der Waals surface area contributed by atoms with Crippen LogP contribution in [0.5, 0.6) is 23.0 Å². The van der Waals surface area contributed by atoms with Crippen LogP contribution in [-0.4, -0.2) is 56.3 Å². The van der Waals surface area contributed by atoms with E-state index in [4.69, 9.17) is 18.9 Å². The highest BCUT2D eigenvalue weighted by Gasteiger charge is 2.29. The fraction of sp³-hybridized carbons (Fsp3) is 0.316. The van der Waals surface area contributed by atoms with Crippen LogP contribution in [0.1, 0.15) is 10.4 Å². The van der Waals surface area contributed by atoms with E-state index in [1.54, 1.807) is 19.2 Å². The molecule has 9 nitrogen and oxygen atoms in total. The van der Waals surface area contributed by atoms with E-state index < -0.39 is 16.9 Å². The lowest BCUT2D eigenvalue weighted by Gasteiger charge is -2.29. The highest BCUT2D eigenvalue weighted by Crippen LogP contribution is 2.35. The van der Waals surface area contributed by atoms with Crippen LogP contribution in [0.15, 0.2) is 36.4 Å². The summed E-state index contributed by atoms with van der Waals surface area (Å²) >= 11 is 0. The van der Waals surface area contributed by atoms with Gasteiger partial charge in [0.15, 0.2) is 29.1 Å². The van der Waals surface area contributed by atoms with Gasteiger partial charge < -0.3 is 23.8 Å². The molecule has 0 N–H and O–H groups in total. The number of methoxy groups -OCH3 is 2. The van der Waals surface area contributed by atoms with E-state index in [9.17, 15) is 14.9 Å². The van der Waals surface area contributed by atoms with Crippen LogP contribution in [-0.2, 0) is 0 Å². The Kier molecular flexibility index (Phi) is 5.53. The van der Waals surface area contributed by atoms with Crippen molar-refractivity contribution in [2.24, 2.45) is 0 Å². The number of nitro benzene ring substituents is 1. The smallest absolute Gasteiger partial charge is 0.286 e. The summed E-state index contributed by atoms with van der Waals surface area (Å²) in [5.41, 5.74) is -0.456. The van der Waals surface area contributed by atoms with Crippen molar-refractivity contribution in [3.63, 3.8) is 0 Å². The maximum atomic E-state index is 12.9. The van der Waals surface area contributed by atoms with Crippen LogP contribution in [0.2, 0.25) is 0 Å². The Morgan fingerprint density at radius 2 is 1.86 bits per heavy atom. The first-order valence-electron chi connectivity index (χ1n) is 8.49. The van der Waals surface area contributed by atoms with Gasteiger partial charge in [-0.3, -0.25) is 14.9 Å². The first-order valence-corrected chi connectivity index (χ1v) is 8.49. The molecule has 0 saturated carbocycles. The Balaban J connectivity index is 1.80. The SMILES string of the molecule is COc1cc(C(=O)N(C)CC2COc3ccccc3O2)c([N+](=O)[O-])cc1OC. The van der Waals surface area contributed by atoms with E-state index in [0.717, 1.165) is 0 Å². The van der Waals surface area contributed by atoms with Crippen molar-refractivity contribution in [2.75, 3.05) is 34.4 Å². The number of hydrogen-bond donors (Lipinski definition) is 0. The number of nitro groups is 1. The number of amides is 1. The molecule has 0 aliphatic carbocycles. The summed E-state index contributed by atoms with van der Waals surface area (Å²) in [5, 5.41) is 11.4. The summed E-state index contributed by atoms with van der Waals surface area (Å²) in [6.45, 7) is 0.460. The van der Waals surface area contributed by atoms with Crippen molar-refractivity contribution in [1.29, 1.82) is 0 Å². The monoisotopic (exact) mass is 388 g/mol. The van der Waals surface area contributed by atoms with E-state index in [-0.39, 0.29) is 35.9 Å². The zero-order valence-electron chi connectivity index (χ0n) is 15.7. The van der Waals surface area contributed by atoms with E-state index in [1.165, 1.54) is 31.3 Å². The highest BCUT2D eigenvalue weighted by molar-refractivity contribution is 5.99. The molecule has 1 atom stereocenters. The number of benzene rings is 2. The molecule has 1 unspecified atom stereocenters. The molecule has 2 aromatic rings. The van der Waals surface area contributed by atoms with E-state index in [2.05, 4.69) is 0 Å². The number of hydrogen-bond acceptors (Lipinski definition) is 7. The largest absolute Gasteiger partial charge is 0.493 e. The molecule has 0 spiro atoms. The quantitative estimate of drug-likeness (QED) is 0.554. The zero-order chi connectivity index (χ0) is 20.3. The number of ether oxygens (including phenoxy) is 4.